The maximum Gasteiger partial charge on any atom is 0.397 e. The summed E-state index contributed by atoms with van der Waals surface area (Å²) < 4.78 is 23.9. The van der Waals surface area contributed by atoms with Gasteiger partial charge in [-0.15, -0.1) is 4.83 Å². The Morgan fingerprint density at radius 1 is 1.67 bits per heavy atom. The fourth-order valence-corrected chi connectivity index (χ4v) is 0.536. The molecule has 0 aliphatic carbocycles. The summed E-state index contributed by atoms with van der Waals surface area (Å²) in [5.41, 5.74) is 0. The molecule has 0 aromatic rings. The third kappa shape index (κ3) is 3.88. The minimum Gasteiger partial charge on any atom is -0.334 e. The smallest absolute Gasteiger partial charge is 0.334 e. The van der Waals surface area contributed by atoms with Crippen LogP contribution in [0.2, 0.25) is 0 Å². The molecule has 0 amide bonds. The molecule has 9 heavy (non-hydrogen) atoms. The summed E-state index contributed by atoms with van der Waals surface area (Å²) in [5, 5.41) is 0. The van der Waals surface area contributed by atoms with Crippen LogP contribution in [0.4, 0.5) is 0 Å². The van der Waals surface area contributed by atoms with E-state index in [1.165, 1.54) is 4.83 Å². The Hall–Kier alpha value is -0.660. The Morgan fingerprint density at radius 2 is 2.11 bits per heavy atom. The van der Waals surface area contributed by atoms with Crippen molar-refractivity contribution in [2.24, 2.45) is 5.84 Å². The van der Waals surface area contributed by atoms with Crippen LogP contribution in [0, 0.1) is 0 Å². The maximum atomic E-state index is 10.1. The molecule has 0 bridgehead atoms. The summed E-state index contributed by atoms with van der Waals surface area (Å²) in [7, 11) is -4.04. The highest BCUT2D eigenvalue weighted by Gasteiger charge is 2.09. The molecule has 0 rings (SSSR count). The fraction of sp³-hybridized carbons (Fsp3) is 0.500. The minimum absolute atomic E-state index is 0.937. The van der Waals surface area contributed by atoms with Gasteiger partial charge >= 0.3 is 16.3 Å². The average Bonchev–Trinajstić information content (AvgIpc) is 1.63. The molecule has 0 saturated heterocycles. The number of hydrazine groups is 1. The molecule has 0 fully saturated rings. The first kappa shape index (κ1) is 8.34. The van der Waals surface area contributed by atoms with E-state index in [1.807, 2.05) is 0 Å². The molecule has 0 saturated carbocycles. The first-order valence-electron chi connectivity index (χ1n) is 1.90. The molecule has 0 aliphatic heterocycles. The van der Waals surface area contributed by atoms with Crippen LogP contribution in [0.3, 0.4) is 0 Å². The quantitative estimate of drug-likeness (QED) is 0.363. The predicted octanol–water partition coefficient (Wildman–Crippen LogP) is -1.74. The fourth-order valence-electron chi connectivity index (χ4n) is 0.179. The first-order chi connectivity index (χ1) is 3.98. The molecule has 54 valence electrons. The Balaban J connectivity index is 4.06. The lowest BCUT2D eigenvalue weighted by atomic mass is 10.9. The summed E-state index contributed by atoms with van der Waals surface area (Å²) in [5.74, 6) is 3.50. The van der Waals surface area contributed by atoms with E-state index in [9.17, 15) is 13.2 Å². The third-order valence-electron chi connectivity index (χ3n) is 0.371. The van der Waals surface area contributed by atoms with E-state index in [0.29, 0.717) is 0 Å². The van der Waals surface area contributed by atoms with Crippen molar-refractivity contribution in [3.63, 3.8) is 0 Å². The lowest BCUT2D eigenvalue weighted by molar-refractivity contribution is -0.131. The molecular weight excluding hydrogens is 148 g/mol. The normalized spacial score (nSPS) is 10.9. The monoisotopic (exact) mass is 154 g/mol. The van der Waals surface area contributed by atoms with Gasteiger partial charge in [-0.1, -0.05) is 0 Å². The first-order valence-corrected chi connectivity index (χ1v) is 3.31. The molecule has 0 radical (unpaired) electrons. The molecule has 7 heteroatoms. The van der Waals surface area contributed by atoms with Gasteiger partial charge in [-0.25, -0.2) is 0 Å². The third-order valence-corrected chi connectivity index (χ3v) is 1.11. The standard InChI is InChI=1S/C2H6N2O4S/c1-2(5)8-9(6,7)4-3/h4H,3H2,1H3. The van der Waals surface area contributed by atoms with Crippen LogP contribution in [0.1, 0.15) is 6.92 Å². The maximum absolute atomic E-state index is 10.1. The zero-order chi connectivity index (χ0) is 7.49. The van der Waals surface area contributed by atoms with Crippen LogP contribution in [0.15, 0.2) is 0 Å². The van der Waals surface area contributed by atoms with Crippen LogP contribution in [-0.4, -0.2) is 14.4 Å². The van der Waals surface area contributed by atoms with E-state index in [4.69, 9.17) is 0 Å². The van der Waals surface area contributed by atoms with Crippen molar-refractivity contribution in [2.45, 2.75) is 6.92 Å². The number of nitrogens with one attached hydrogen (secondary N) is 1. The van der Waals surface area contributed by atoms with Gasteiger partial charge in [0.2, 0.25) is 0 Å². The largest absolute Gasteiger partial charge is 0.397 e. The summed E-state index contributed by atoms with van der Waals surface area (Å²) in [6.07, 6.45) is 0. The van der Waals surface area contributed by atoms with Gasteiger partial charge in [-0.3, -0.25) is 10.6 Å². The molecular formula is C2H6N2O4S. The van der Waals surface area contributed by atoms with Crippen molar-refractivity contribution in [2.75, 3.05) is 0 Å². The molecule has 6 nitrogen and oxygen atoms in total. The Morgan fingerprint density at radius 3 is 2.22 bits per heavy atom. The second-order valence-electron chi connectivity index (χ2n) is 1.15. The lowest BCUT2D eigenvalue weighted by Gasteiger charge is -1.97. The summed E-state index contributed by atoms with van der Waals surface area (Å²) in [4.78, 5) is 11.2. The minimum atomic E-state index is -4.04. The van der Waals surface area contributed by atoms with Gasteiger partial charge in [0, 0.05) is 6.92 Å². The van der Waals surface area contributed by atoms with Crippen molar-refractivity contribution in [3.8, 4) is 0 Å². The van der Waals surface area contributed by atoms with Gasteiger partial charge in [0.05, 0.1) is 0 Å². The molecule has 0 aliphatic rings. The van der Waals surface area contributed by atoms with E-state index in [-0.39, 0.29) is 0 Å². The second kappa shape index (κ2) is 2.76. The van der Waals surface area contributed by atoms with E-state index < -0.39 is 16.3 Å². The van der Waals surface area contributed by atoms with Gasteiger partial charge in [0.15, 0.2) is 0 Å². The molecule has 0 heterocycles. The number of hydrogen-bond acceptors (Lipinski definition) is 5. The second-order valence-corrected chi connectivity index (χ2v) is 2.46. The summed E-state index contributed by atoms with van der Waals surface area (Å²) in [6.45, 7) is 0.953. The zero-order valence-corrected chi connectivity index (χ0v) is 5.44. The van der Waals surface area contributed by atoms with Crippen molar-refractivity contribution >= 4 is 16.3 Å². The number of rotatable bonds is 2. The lowest BCUT2D eigenvalue weighted by Crippen LogP contribution is -2.32. The van der Waals surface area contributed by atoms with Crippen LogP contribution in [0.5, 0.6) is 0 Å². The topological polar surface area (TPSA) is 98.5 Å². The highest BCUT2D eigenvalue weighted by molar-refractivity contribution is 7.85. The number of carbonyl (C=O) groups is 1. The highest BCUT2D eigenvalue weighted by atomic mass is 32.2. The van der Waals surface area contributed by atoms with E-state index in [1.54, 1.807) is 0 Å². The number of hydrogen-bond donors (Lipinski definition) is 2. The van der Waals surface area contributed by atoms with Crippen molar-refractivity contribution in [3.05, 3.63) is 0 Å². The van der Waals surface area contributed by atoms with Gasteiger partial charge in [0.25, 0.3) is 0 Å². The molecule has 0 aromatic heterocycles. The van der Waals surface area contributed by atoms with Gasteiger partial charge < -0.3 is 4.18 Å². The van der Waals surface area contributed by atoms with Gasteiger partial charge in [-0.05, 0) is 0 Å². The Labute approximate surface area is 52.2 Å². The van der Waals surface area contributed by atoms with Crippen molar-refractivity contribution in [1.29, 1.82) is 0 Å². The highest BCUT2D eigenvalue weighted by Crippen LogP contribution is 1.83. The SMILES string of the molecule is CC(=O)OS(=O)(=O)NN. The van der Waals surface area contributed by atoms with Crippen molar-refractivity contribution in [1.82, 2.24) is 4.83 Å². The molecule has 0 aromatic carbocycles. The van der Waals surface area contributed by atoms with Crippen LogP contribution < -0.4 is 10.7 Å². The average molecular weight is 154 g/mol. The number of nitrogens with two attached hydrogens (primary N) is 1. The molecule has 3 N–H and O–H groups in total. The Kier molecular flexibility index (Phi) is 2.56. The summed E-state index contributed by atoms with van der Waals surface area (Å²) in [6, 6.07) is 0. The van der Waals surface area contributed by atoms with Crippen molar-refractivity contribution < 1.29 is 17.4 Å². The molecule has 0 atom stereocenters. The summed E-state index contributed by atoms with van der Waals surface area (Å²) >= 11 is 0. The predicted molar refractivity (Wildman–Crippen MR) is 28.0 cm³/mol. The zero-order valence-electron chi connectivity index (χ0n) is 4.62. The molecule has 0 spiro atoms. The van der Waals surface area contributed by atoms with Crippen LogP contribution in [0.25, 0.3) is 0 Å². The molecule has 0 unspecified atom stereocenters. The Bertz CT molecular complexity index is 195. The van der Waals surface area contributed by atoms with Gasteiger partial charge in [0.1, 0.15) is 0 Å². The van der Waals surface area contributed by atoms with E-state index >= 15 is 0 Å². The van der Waals surface area contributed by atoms with E-state index in [2.05, 4.69) is 10.0 Å². The number of carbonyl (C=O) groups excluding carboxylic acids is 1. The van der Waals surface area contributed by atoms with Crippen LogP contribution >= 0.6 is 0 Å². The van der Waals surface area contributed by atoms with Crippen LogP contribution in [-0.2, 0) is 19.3 Å². The van der Waals surface area contributed by atoms with Gasteiger partial charge in [-0.2, -0.15) is 8.42 Å². The van der Waals surface area contributed by atoms with E-state index in [0.717, 1.165) is 6.92 Å².